The van der Waals surface area contributed by atoms with E-state index in [4.69, 9.17) is 9.47 Å². The lowest BCUT2D eigenvalue weighted by atomic mass is 10.0. The largest absolute Gasteiger partial charge is 0.454 e. The van der Waals surface area contributed by atoms with Gasteiger partial charge in [0.1, 0.15) is 0 Å². The Balaban J connectivity index is 1.40. The molecule has 146 valence electrons. The van der Waals surface area contributed by atoms with Crippen molar-refractivity contribution in [3.05, 3.63) is 53.6 Å². The molecule has 2 aliphatic rings. The number of aryl methyl sites for hydroxylation is 1. The molecule has 2 aromatic carbocycles. The Bertz CT molecular complexity index is 896. The number of nitrogens with zero attached hydrogens (tertiary/aromatic N) is 2. The van der Waals surface area contributed by atoms with E-state index in [9.17, 15) is 9.59 Å². The minimum absolute atomic E-state index is 0.0514. The molecule has 0 unspecified atom stereocenters. The summed E-state index contributed by atoms with van der Waals surface area (Å²) < 4.78 is 10.7. The number of hydrogen-bond donors (Lipinski definition) is 0. The number of para-hydroxylation sites is 1. The first-order valence-electron chi connectivity index (χ1n) is 9.64. The number of benzene rings is 2. The zero-order valence-electron chi connectivity index (χ0n) is 16.0. The summed E-state index contributed by atoms with van der Waals surface area (Å²) in [7, 11) is 0. The van der Waals surface area contributed by atoms with Crippen LogP contribution in [0.3, 0.4) is 0 Å². The number of hydrogen-bond acceptors (Lipinski definition) is 4. The summed E-state index contributed by atoms with van der Waals surface area (Å²) in [5, 5.41) is 0. The van der Waals surface area contributed by atoms with Gasteiger partial charge in [-0.05, 0) is 42.2 Å². The van der Waals surface area contributed by atoms with Crippen LogP contribution in [0.15, 0.2) is 42.5 Å². The lowest BCUT2D eigenvalue weighted by Gasteiger charge is -2.30. The minimum Gasteiger partial charge on any atom is -0.454 e. The van der Waals surface area contributed by atoms with Gasteiger partial charge in [-0.1, -0.05) is 24.3 Å². The van der Waals surface area contributed by atoms with Crippen molar-refractivity contribution in [1.82, 2.24) is 4.90 Å². The third-order valence-corrected chi connectivity index (χ3v) is 5.26. The number of ether oxygens (including phenoxy) is 2. The van der Waals surface area contributed by atoms with Crippen molar-refractivity contribution >= 4 is 17.5 Å². The number of amides is 2. The molecule has 0 spiro atoms. The van der Waals surface area contributed by atoms with Crippen LogP contribution in [-0.4, -0.2) is 36.6 Å². The van der Waals surface area contributed by atoms with Gasteiger partial charge >= 0.3 is 0 Å². The van der Waals surface area contributed by atoms with Crippen molar-refractivity contribution in [2.45, 2.75) is 32.7 Å². The van der Waals surface area contributed by atoms with Crippen LogP contribution in [0.4, 0.5) is 5.69 Å². The van der Waals surface area contributed by atoms with E-state index in [0.717, 1.165) is 36.4 Å². The van der Waals surface area contributed by atoms with Crippen molar-refractivity contribution < 1.29 is 19.1 Å². The highest BCUT2D eigenvalue weighted by atomic mass is 16.7. The molecule has 6 nitrogen and oxygen atoms in total. The topological polar surface area (TPSA) is 59.1 Å². The molecular weight excluding hydrogens is 356 g/mol. The van der Waals surface area contributed by atoms with E-state index < -0.39 is 0 Å². The average molecular weight is 380 g/mol. The molecule has 0 fully saturated rings. The summed E-state index contributed by atoms with van der Waals surface area (Å²) in [5.41, 5.74) is 3.17. The molecule has 2 aliphatic heterocycles. The molecule has 2 heterocycles. The second-order valence-corrected chi connectivity index (χ2v) is 7.16. The fourth-order valence-corrected chi connectivity index (χ4v) is 3.77. The van der Waals surface area contributed by atoms with Crippen LogP contribution in [-0.2, 0) is 22.6 Å². The van der Waals surface area contributed by atoms with Crippen molar-refractivity contribution in [3.8, 4) is 11.5 Å². The van der Waals surface area contributed by atoms with Crippen LogP contribution < -0.4 is 14.4 Å². The van der Waals surface area contributed by atoms with Gasteiger partial charge in [-0.15, -0.1) is 0 Å². The lowest BCUT2D eigenvalue weighted by molar-refractivity contribution is -0.130. The summed E-state index contributed by atoms with van der Waals surface area (Å²) in [6.07, 6.45) is 2.28. The highest BCUT2D eigenvalue weighted by Crippen LogP contribution is 2.33. The van der Waals surface area contributed by atoms with Crippen molar-refractivity contribution in [2.75, 3.05) is 24.8 Å². The standard InChI is InChI=1S/C22H24N2O4/c1-16(25)23(14-17-8-9-20-21(13-17)28-15-27-20)12-10-22(26)24-11-4-6-18-5-2-3-7-19(18)24/h2-3,5,7-9,13H,4,6,10-12,14-15H2,1H3. The van der Waals surface area contributed by atoms with Crippen molar-refractivity contribution in [2.24, 2.45) is 0 Å². The quantitative estimate of drug-likeness (QED) is 0.800. The monoisotopic (exact) mass is 380 g/mol. The Morgan fingerprint density at radius 3 is 2.79 bits per heavy atom. The van der Waals surface area contributed by atoms with E-state index in [1.807, 2.05) is 41.3 Å². The Hall–Kier alpha value is -3.02. The van der Waals surface area contributed by atoms with Gasteiger partial charge in [0.15, 0.2) is 11.5 Å². The zero-order valence-corrected chi connectivity index (χ0v) is 16.0. The molecule has 0 saturated carbocycles. The SMILES string of the molecule is CC(=O)N(CCC(=O)N1CCCc2ccccc21)Cc1ccc2c(c1)OCO2. The Kier molecular flexibility index (Phi) is 5.19. The first kappa shape index (κ1) is 18.3. The van der Waals surface area contributed by atoms with Gasteiger partial charge in [-0.25, -0.2) is 0 Å². The van der Waals surface area contributed by atoms with Crippen LogP contribution in [0.2, 0.25) is 0 Å². The zero-order chi connectivity index (χ0) is 19.5. The van der Waals surface area contributed by atoms with Gasteiger partial charge in [0, 0.05) is 38.7 Å². The first-order chi connectivity index (χ1) is 13.6. The van der Waals surface area contributed by atoms with E-state index in [1.165, 1.54) is 12.5 Å². The van der Waals surface area contributed by atoms with Gasteiger partial charge in [0.25, 0.3) is 0 Å². The fraction of sp³-hybridized carbons (Fsp3) is 0.364. The van der Waals surface area contributed by atoms with E-state index in [2.05, 4.69) is 6.07 Å². The summed E-state index contributed by atoms with van der Waals surface area (Å²) in [5.74, 6) is 1.42. The minimum atomic E-state index is -0.0514. The molecule has 28 heavy (non-hydrogen) atoms. The summed E-state index contributed by atoms with van der Waals surface area (Å²) >= 11 is 0. The van der Waals surface area contributed by atoms with Crippen molar-refractivity contribution in [1.29, 1.82) is 0 Å². The molecule has 0 N–H and O–H groups in total. The average Bonchev–Trinajstić information content (AvgIpc) is 3.18. The molecule has 0 radical (unpaired) electrons. The maximum Gasteiger partial charge on any atom is 0.231 e. The molecule has 0 atom stereocenters. The summed E-state index contributed by atoms with van der Waals surface area (Å²) in [6.45, 7) is 3.32. The molecule has 4 rings (SSSR count). The molecule has 6 heteroatoms. The van der Waals surface area contributed by atoms with Crippen molar-refractivity contribution in [3.63, 3.8) is 0 Å². The van der Waals surface area contributed by atoms with Crippen LogP contribution in [0.25, 0.3) is 0 Å². The smallest absolute Gasteiger partial charge is 0.231 e. The highest BCUT2D eigenvalue weighted by molar-refractivity contribution is 5.94. The number of fused-ring (bicyclic) bond motifs is 2. The van der Waals surface area contributed by atoms with Crippen LogP contribution in [0.5, 0.6) is 11.5 Å². The number of anilines is 1. The predicted molar refractivity (Wildman–Crippen MR) is 105 cm³/mol. The fourth-order valence-electron chi connectivity index (χ4n) is 3.77. The van der Waals surface area contributed by atoms with Gasteiger partial charge < -0.3 is 19.3 Å². The Morgan fingerprint density at radius 1 is 1.11 bits per heavy atom. The molecule has 0 aromatic heterocycles. The Morgan fingerprint density at radius 2 is 1.93 bits per heavy atom. The maximum absolute atomic E-state index is 12.8. The molecular formula is C22H24N2O4. The maximum atomic E-state index is 12.8. The molecule has 0 bridgehead atoms. The van der Waals surface area contributed by atoms with Crippen LogP contribution in [0.1, 0.15) is 30.9 Å². The van der Waals surface area contributed by atoms with Gasteiger partial charge in [-0.2, -0.15) is 0 Å². The molecule has 2 amide bonds. The molecule has 2 aromatic rings. The second kappa shape index (κ2) is 7.92. The predicted octanol–water partition coefficient (Wildman–Crippen LogP) is 3.13. The number of rotatable bonds is 5. The number of carbonyl (C=O) groups excluding carboxylic acids is 2. The molecule has 0 saturated heterocycles. The van der Waals surface area contributed by atoms with E-state index in [-0.39, 0.29) is 18.6 Å². The van der Waals surface area contributed by atoms with Gasteiger partial charge in [0.2, 0.25) is 18.6 Å². The van der Waals surface area contributed by atoms with Crippen LogP contribution in [0, 0.1) is 0 Å². The summed E-state index contributed by atoms with van der Waals surface area (Å²) in [4.78, 5) is 28.5. The third-order valence-electron chi connectivity index (χ3n) is 5.26. The Labute approximate surface area is 164 Å². The first-order valence-corrected chi connectivity index (χ1v) is 9.64. The van der Waals surface area contributed by atoms with E-state index in [0.29, 0.717) is 25.3 Å². The van der Waals surface area contributed by atoms with Gasteiger partial charge in [0.05, 0.1) is 0 Å². The normalized spacial score (nSPS) is 14.5. The highest BCUT2D eigenvalue weighted by Gasteiger charge is 2.23. The van der Waals surface area contributed by atoms with E-state index >= 15 is 0 Å². The summed E-state index contributed by atoms with van der Waals surface area (Å²) in [6, 6.07) is 13.7. The van der Waals surface area contributed by atoms with E-state index in [1.54, 1.807) is 4.90 Å². The third kappa shape index (κ3) is 3.81. The van der Waals surface area contributed by atoms with Gasteiger partial charge in [-0.3, -0.25) is 9.59 Å². The number of carbonyl (C=O) groups is 2. The van der Waals surface area contributed by atoms with Crippen LogP contribution >= 0.6 is 0 Å². The second-order valence-electron chi connectivity index (χ2n) is 7.16. The lowest BCUT2D eigenvalue weighted by Crippen LogP contribution is -2.38. The molecule has 0 aliphatic carbocycles.